The van der Waals surface area contributed by atoms with Crippen molar-refractivity contribution in [1.82, 2.24) is 23.8 Å². The molecule has 0 spiro atoms. The van der Waals surface area contributed by atoms with Crippen molar-refractivity contribution in [2.45, 2.75) is 31.5 Å². The topological polar surface area (TPSA) is 108 Å². The van der Waals surface area contributed by atoms with Gasteiger partial charge in [-0.2, -0.15) is 8.78 Å². The predicted octanol–water partition coefficient (Wildman–Crippen LogP) is 1.89. The largest absolute Gasteiger partial charge is 0.457 e. The van der Waals surface area contributed by atoms with Gasteiger partial charge in [-0.1, -0.05) is 12.1 Å². The molecule has 2 heterocycles. The molecule has 156 valence electrons. The van der Waals surface area contributed by atoms with Crippen molar-refractivity contribution < 1.29 is 26.7 Å². The summed E-state index contributed by atoms with van der Waals surface area (Å²) in [5.74, 6) is -0.330. The summed E-state index contributed by atoms with van der Waals surface area (Å²) >= 11 is 0. The third-order valence-corrected chi connectivity index (χ3v) is 5.54. The van der Waals surface area contributed by atoms with Crippen LogP contribution in [0, 0.1) is 6.92 Å². The second-order valence-electron chi connectivity index (χ2n) is 6.21. The molecule has 29 heavy (non-hydrogen) atoms. The molecule has 2 aromatic heterocycles. The van der Waals surface area contributed by atoms with Crippen LogP contribution in [0.4, 0.5) is 8.78 Å². The lowest BCUT2D eigenvalue weighted by atomic mass is 10.3. The van der Waals surface area contributed by atoms with E-state index in [0.29, 0.717) is 15.9 Å². The Morgan fingerprint density at radius 1 is 1.28 bits per heavy atom. The molecule has 0 radical (unpaired) electrons. The maximum absolute atomic E-state index is 13.3. The summed E-state index contributed by atoms with van der Waals surface area (Å²) in [5.41, 5.74) is 0.587. The van der Waals surface area contributed by atoms with Gasteiger partial charge in [0.1, 0.15) is 12.4 Å². The minimum atomic E-state index is -3.87. The van der Waals surface area contributed by atoms with Gasteiger partial charge in [-0.15, -0.1) is 0 Å². The number of rotatable bonds is 8. The summed E-state index contributed by atoms with van der Waals surface area (Å²) in [6.07, 6.45) is 1.07. The Morgan fingerprint density at radius 3 is 2.66 bits per heavy atom. The molecule has 3 rings (SSSR count). The van der Waals surface area contributed by atoms with Gasteiger partial charge in [-0.25, -0.2) is 23.1 Å². The monoisotopic (exact) mass is 427 g/mol. The van der Waals surface area contributed by atoms with Gasteiger partial charge < -0.3 is 9.30 Å². The predicted molar refractivity (Wildman–Crippen MR) is 98.5 cm³/mol. The molecule has 12 heteroatoms. The van der Waals surface area contributed by atoms with E-state index >= 15 is 0 Å². The summed E-state index contributed by atoms with van der Waals surface area (Å²) < 4.78 is 60.4. The number of sulfonamides is 1. The average molecular weight is 427 g/mol. The van der Waals surface area contributed by atoms with E-state index in [4.69, 9.17) is 4.74 Å². The lowest BCUT2D eigenvalue weighted by Crippen LogP contribution is -2.27. The molecular weight excluding hydrogens is 408 g/mol. The average Bonchev–Trinajstić information content (AvgIpc) is 3.20. The van der Waals surface area contributed by atoms with Crippen LogP contribution in [0.3, 0.4) is 0 Å². The fourth-order valence-corrected chi connectivity index (χ4v) is 3.72. The van der Waals surface area contributed by atoms with E-state index in [0.717, 1.165) is 0 Å². The van der Waals surface area contributed by atoms with E-state index in [1.807, 2.05) is 0 Å². The Labute approximate surface area is 165 Å². The summed E-state index contributed by atoms with van der Waals surface area (Å²) in [4.78, 5) is 19.9. The Kier molecular flexibility index (Phi) is 5.94. The number of aromatic nitrogens is 4. The number of aryl methyl sites for hydroxylation is 2. The molecule has 0 aliphatic heterocycles. The number of hydrogen-bond acceptors (Lipinski definition) is 6. The number of halogens is 2. The molecule has 0 saturated carbocycles. The van der Waals surface area contributed by atoms with Gasteiger partial charge in [0, 0.05) is 19.8 Å². The maximum Gasteiger partial charge on any atom is 0.320 e. The molecule has 3 aromatic rings. The highest BCUT2D eigenvalue weighted by Crippen LogP contribution is 2.23. The highest BCUT2D eigenvalue weighted by atomic mass is 32.2. The van der Waals surface area contributed by atoms with Crippen LogP contribution < -0.4 is 4.72 Å². The second kappa shape index (κ2) is 8.25. The van der Waals surface area contributed by atoms with E-state index in [1.165, 1.54) is 12.3 Å². The molecular formula is C17H19F2N5O4S. The molecule has 0 amide bonds. The van der Waals surface area contributed by atoms with Gasteiger partial charge in [-0.3, -0.25) is 9.36 Å². The number of carbonyl (C=O) groups is 1. The fraction of sp³-hybridized carbons (Fsp3) is 0.353. The van der Waals surface area contributed by atoms with Gasteiger partial charge in [0.25, 0.3) is 10.0 Å². The lowest BCUT2D eigenvalue weighted by molar-refractivity contribution is -0.145. The molecule has 1 N–H and O–H groups in total. The van der Waals surface area contributed by atoms with Crippen molar-refractivity contribution in [3.05, 3.63) is 42.1 Å². The van der Waals surface area contributed by atoms with Crippen LogP contribution in [0.15, 0.2) is 35.5 Å². The van der Waals surface area contributed by atoms with E-state index in [1.54, 1.807) is 36.7 Å². The van der Waals surface area contributed by atoms with Crippen molar-refractivity contribution in [2.24, 2.45) is 7.05 Å². The molecule has 0 unspecified atom stereocenters. The van der Waals surface area contributed by atoms with Crippen LogP contribution in [-0.4, -0.2) is 40.0 Å². The van der Waals surface area contributed by atoms with Gasteiger partial charge in [-0.05, 0) is 19.1 Å². The number of para-hydroxylation sites is 2. The standard InChI is InChI=1S/C17H19F2N5O4S/c1-11-21-15(9-23(11)2)29(26,27)20-8-7-16(25)28-10-14-22-12-5-3-4-6-13(12)24(14)17(18)19/h3-6,9,17,20H,7-8,10H2,1-2H3. The van der Waals surface area contributed by atoms with E-state index in [9.17, 15) is 22.0 Å². The van der Waals surface area contributed by atoms with Gasteiger partial charge in [0.15, 0.2) is 10.9 Å². The summed E-state index contributed by atoms with van der Waals surface area (Å²) in [6, 6.07) is 6.34. The Hall–Kier alpha value is -2.86. The first-order chi connectivity index (χ1) is 13.7. The van der Waals surface area contributed by atoms with E-state index in [-0.39, 0.29) is 29.3 Å². The van der Waals surface area contributed by atoms with Crippen LogP contribution in [0.25, 0.3) is 11.0 Å². The maximum atomic E-state index is 13.3. The van der Waals surface area contributed by atoms with E-state index in [2.05, 4.69) is 14.7 Å². The summed E-state index contributed by atoms with van der Waals surface area (Å²) in [7, 11) is -2.21. The Morgan fingerprint density at radius 2 is 2.00 bits per heavy atom. The van der Waals surface area contributed by atoms with Gasteiger partial charge in [0.05, 0.1) is 17.5 Å². The minimum absolute atomic E-state index is 0.0981. The lowest BCUT2D eigenvalue weighted by Gasteiger charge is -2.09. The van der Waals surface area contributed by atoms with Crippen LogP contribution in [0.5, 0.6) is 0 Å². The van der Waals surface area contributed by atoms with Gasteiger partial charge >= 0.3 is 12.5 Å². The quantitative estimate of drug-likeness (QED) is 0.550. The van der Waals surface area contributed by atoms with Crippen molar-refractivity contribution in [1.29, 1.82) is 0 Å². The summed E-state index contributed by atoms with van der Waals surface area (Å²) in [5, 5.41) is -0.156. The Balaban J connectivity index is 1.57. The SMILES string of the molecule is Cc1nc(S(=O)(=O)NCCC(=O)OCc2nc3ccccc3n2C(F)F)cn1C. The van der Waals surface area contributed by atoms with Crippen molar-refractivity contribution >= 4 is 27.0 Å². The zero-order valence-corrected chi connectivity index (χ0v) is 16.5. The van der Waals surface area contributed by atoms with Crippen LogP contribution >= 0.6 is 0 Å². The zero-order valence-electron chi connectivity index (χ0n) is 15.7. The van der Waals surface area contributed by atoms with Crippen molar-refractivity contribution in [3.8, 4) is 0 Å². The molecule has 1 aromatic carbocycles. The number of nitrogens with zero attached hydrogens (tertiary/aromatic N) is 4. The number of fused-ring (bicyclic) bond motifs is 1. The second-order valence-corrected chi connectivity index (χ2v) is 7.92. The van der Waals surface area contributed by atoms with E-state index < -0.39 is 29.1 Å². The number of esters is 1. The number of alkyl halides is 2. The van der Waals surface area contributed by atoms with Gasteiger partial charge in [0.2, 0.25) is 0 Å². The van der Waals surface area contributed by atoms with Crippen molar-refractivity contribution in [2.75, 3.05) is 6.54 Å². The fourth-order valence-electron chi connectivity index (χ4n) is 2.65. The molecule has 9 nitrogen and oxygen atoms in total. The first kappa shape index (κ1) is 20.9. The normalized spacial score (nSPS) is 12.0. The number of nitrogens with one attached hydrogen (secondary N) is 1. The third-order valence-electron chi connectivity index (χ3n) is 4.21. The zero-order chi connectivity index (χ0) is 21.2. The first-order valence-electron chi connectivity index (χ1n) is 8.58. The molecule has 0 aliphatic rings. The number of hydrogen-bond donors (Lipinski definition) is 1. The smallest absolute Gasteiger partial charge is 0.320 e. The third kappa shape index (κ3) is 4.59. The molecule has 0 saturated heterocycles. The highest BCUT2D eigenvalue weighted by molar-refractivity contribution is 7.89. The molecule has 0 bridgehead atoms. The molecule has 0 fully saturated rings. The molecule has 0 atom stereocenters. The Bertz CT molecular complexity index is 1120. The number of benzene rings is 1. The number of imidazole rings is 2. The van der Waals surface area contributed by atoms with Crippen LogP contribution in [0.1, 0.15) is 24.6 Å². The number of carbonyl (C=O) groups excluding carboxylic acids is 1. The van der Waals surface area contributed by atoms with Crippen molar-refractivity contribution in [3.63, 3.8) is 0 Å². The number of ether oxygens (including phenoxy) is 1. The highest BCUT2D eigenvalue weighted by Gasteiger charge is 2.20. The van der Waals surface area contributed by atoms with Crippen LogP contribution in [0.2, 0.25) is 0 Å². The minimum Gasteiger partial charge on any atom is -0.457 e. The first-order valence-corrected chi connectivity index (χ1v) is 10.1. The molecule has 0 aliphatic carbocycles. The summed E-state index contributed by atoms with van der Waals surface area (Å²) in [6.45, 7) is -1.86. The van der Waals surface area contributed by atoms with Crippen LogP contribution in [-0.2, 0) is 33.2 Å².